The molecule has 7 nitrogen and oxygen atoms in total. The number of carbonyl (C=O) groups excluding carboxylic acids is 1. The molecule has 0 saturated carbocycles. The van der Waals surface area contributed by atoms with E-state index in [0.717, 1.165) is 65.5 Å². The van der Waals surface area contributed by atoms with Gasteiger partial charge in [-0.05, 0) is 30.5 Å². The van der Waals surface area contributed by atoms with Crippen LogP contribution in [0.15, 0.2) is 57.3 Å². The average molecular weight is 517 g/mol. The van der Waals surface area contributed by atoms with Crippen LogP contribution in [0.4, 0.5) is 5.69 Å². The molecule has 1 fully saturated rings. The lowest BCUT2D eigenvalue weighted by atomic mass is 10.3. The third-order valence-corrected chi connectivity index (χ3v) is 6.50. The number of nitrogens with zero attached hydrogens (tertiary/aromatic N) is 4. The Bertz CT molecular complexity index is 966. The van der Waals surface area contributed by atoms with Crippen molar-refractivity contribution >= 4 is 71.0 Å². The number of hydrogen-bond acceptors (Lipinski definition) is 8. The number of anilines is 1. The van der Waals surface area contributed by atoms with E-state index in [1.165, 1.54) is 11.8 Å². The zero-order valence-electron chi connectivity index (χ0n) is 17.7. The zero-order chi connectivity index (χ0) is 20.8. The minimum Gasteiger partial charge on any atom is -0.431 e. The maximum Gasteiger partial charge on any atom is 0.256 e. The fourth-order valence-electron chi connectivity index (χ4n) is 3.39. The fraction of sp³-hybridized carbons (Fsp3) is 0.381. The van der Waals surface area contributed by atoms with Crippen LogP contribution >= 0.6 is 48.3 Å². The Kier molecular flexibility index (Phi) is 11.1. The number of amides is 1. The number of nitrogens with one attached hydrogen (secondary N) is 1. The molecule has 3 aromatic rings. The van der Waals surface area contributed by atoms with Crippen LogP contribution in [0.5, 0.6) is 0 Å². The van der Waals surface area contributed by atoms with E-state index in [0.29, 0.717) is 6.54 Å². The first-order chi connectivity index (χ1) is 14.7. The molecule has 174 valence electrons. The van der Waals surface area contributed by atoms with Crippen LogP contribution in [0.2, 0.25) is 0 Å². The fourth-order valence-corrected chi connectivity index (χ4v) is 4.73. The maximum atomic E-state index is 12.4. The molecule has 1 amide bonds. The molecule has 0 bridgehead atoms. The van der Waals surface area contributed by atoms with Crippen molar-refractivity contribution < 1.29 is 9.21 Å². The van der Waals surface area contributed by atoms with Crippen molar-refractivity contribution in [3.8, 4) is 0 Å². The van der Waals surface area contributed by atoms with Gasteiger partial charge in [0.05, 0.1) is 12.2 Å². The Labute approximate surface area is 208 Å². The number of para-hydroxylation sites is 2. The summed E-state index contributed by atoms with van der Waals surface area (Å²) in [6.45, 7) is 5.10. The molecule has 1 saturated heterocycles. The van der Waals surface area contributed by atoms with Crippen molar-refractivity contribution in [1.29, 1.82) is 0 Å². The van der Waals surface area contributed by atoms with Crippen molar-refractivity contribution in [1.82, 2.24) is 19.8 Å². The first kappa shape index (κ1) is 26.8. The number of oxazole rings is 1. The average Bonchev–Trinajstić information content (AvgIpc) is 3.18. The largest absolute Gasteiger partial charge is 0.431 e. The molecule has 0 spiro atoms. The van der Waals surface area contributed by atoms with E-state index in [9.17, 15) is 4.79 Å². The summed E-state index contributed by atoms with van der Waals surface area (Å²) in [7, 11) is 0. The van der Waals surface area contributed by atoms with Gasteiger partial charge in [0.1, 0.15) is 10.5 Å². The first-order valence-electron chi connectivity index (χ1n) is 9.93. The standard InChI is InChI=1S/C21H25N5O2S2.2ClH/c1-29-20-17(6-4-8-22-20)23-19(27)15-26-11-9-25(10-12-26)13-14-30-21-24-16-5-2-3-7-18(16)28-21;;/h2-8H,9-15H2,1H3,(H,23,27);2*1H. The number of hydrogen-bond donors (Lipinski definition) is 1. The van der Waals surface area contributed by atoms with Crippen molar-refractivity contribution in [2.24, 2.45) is 0 Å². The van der Waals surface area contributed by atoms with Gasteiger partial charge in [-0.3, -0.25) is 14.6 Å². The third-order valence-electron chi connectivity index (χ3n) is 4.98. The number of piperazine rings is 1. The molecular weight excluding hydrogens is 489 g/mol. The molecule has 1 aliphatic heterocycles. The molecule has 0 aliphatic carbocycles. The van der Waals surface area contributed by atoms with Gasteiger partial charge in [-0.15, -0.1) is 36.6 Å². The van der Waals surface area contributed by atoms with Gasteiger partial charge in [0.25, 0.3) is 5.22 Å². The second kappa shape index (κ2) is 13.3. The maximum absolute atomic E-state index is 12.4. The molecular formula is C21H27Cl2N5O2S2. The van der Waals surface area contributed by atoms with Crippen LogP contribution in [0.25, 0.3) is 11.1 Å². The van der Waals surface area contributed by atoms with Crippen molar-refractivity contribution in [3.05, 3.63) is 42.6 Å². The van der Waals surface area contributed by atoms with Crippen molar-refractivity contribution in [2.45, 2.75) is 10.2 Å². The Morgan fingerprint density at radius 3 is 2.59 bits per heavy atom. The van der Waals surface area contributed by atoms with E-state index in [4.69, 9.17) is 4.42 Å². The second-order valence-electron chi connectivity index (χ2n) is 7.02. The predicted molar refractivity (Wildman–Crippen MR) is 137 cm³/mol. The lowest BCUT2D eigenvalue weighted by Gasteiger charge is -2.34. The van der Waals surface area contributed by atoms with E-state index >= 15 is 0 Å². The smallest absolute Gasteiger partial charge is 0.256 e. The molecule has 1 aromatic carbocycles. The van der Waals surface area contributed by atoms with Gasteiger partial charge in [0.15, 0.2) is 5.58 Å². The molecule has 3 heterocycles. The molecule has 11 heteroatoms. The molecule has 1 N–H and O–H groups in total. The van der Waals surface area contributed by atoms with Gasteiger partial charge in [-0.25, -0.2) is 9.97 Å². The highest BCUT2D eigenvalue weighted by Crippen LogP contribution is 2.23. The van der Waals surface area contributed by atoms with Crippen molar-refractivity contribution in [2.75, 3.05) is 56.6 Å². The van der Waals surface area contributed by atoms with Crippen LogP contribution < -0.4 is 5.32 Å². The molecule has 1 aliphatic rings. The summed E-state index contributed by atoms with van der Waals surface area (Å²) in [5.41, 5.74) is 2.52. The summed E-state index contributed by atoms with van der Waals surface area (Å²) >= 11 is 3.18. The highest BCUT2D eigenvalue weighted by Gasteiger charge is 2.19. The number of rotatable bonds is 8. The number of carbonyl (C=O) groups is 1. The van der Waals surface area contributed by atoms with Gasteiger partial charge < -0.3 is 9.73 Å². The second-order valence-corrected chi connectivity index (χ2v) is 8.86. The highest BCUT2D eigenvalue weighted by molar-refractivity contribution is 7.99. The number of halogens is 2. The first-order valence-corrected chi connectivity index (χ1v) is 12.1. The van der Waals surface area contributed by atoms with E-state index < -0.39 is 0 Å². The zero-order valence-corrected chi connectivity index (χ0v) is 21.0. The van der Waals surface area contributed by atoms with Gasteiger partial charge >= 0.3 is 0 Å². The summed E-state index contributed by atoms with van der Waals surface area (Å²) in [6, 6.07) is 11.6. The van der Waals surface area contributed by atoms with Gasteiger partial charge in [0.2, 0.25) is 5.91 Å². The number of fused-ring (bicyclic) bond motifs is 1. The molecule has 0 atom stereocenters. The van der Waals surface area contributed by atoms with E-state index in [1.54, 1.807) is 18.0 Å². The SMILES string of the molecule is CSc1ncccc1NC(=O)CN1CCN(CCSc2nc3ccccc3o2)CC1.Cl.Cl. The monoisotopic (exact) mass is 515 g/mol. The summed E-state index contributed by atoms with van der Waals surface area (Å²) in [5.74, 6) is 0.949. The highest BCUT2D eigenvalue weighted by atomic mass is 35.5. The summed E-state index contributed by atoms with van der Waals surface area (Å²) in [6.07, 6.45) is 3.70. The minimum atomic E-state index is 0. The van der Waals surface area contributed by atoms with E-state index in [-0.39, 0.29) is 30.7 Å². The van der Waals surface area contributed by atoms with Gasteiger partial charge in [-0.1, -0.05) is 23.9 Å². The third kappa shape index (κ3) is 7.26. The Morgan fingerprint density at radius 2 is 1.84 bits per heavy atom. The Hall–Kier alpha value is -1.49. The van der Waals surface area contributed by atoms with Gasteiger partial charge in [0, 0.05) is 44.7 Å². The number of benzene rings is 1. The van der Waals surface area contributed by atoms with Crippen molar-refractivity contribution in [3.63, 3.8) is 0 Å². The quantitative estimate of drug-likeness (QED) is 0.448. The molecule has 0 unspecified atom stereocenters. The molecule has 0 radical (unpaired) electrons. The van der Waals surface area contributed by atoms with E-state index in [2.05, 4.69) is 25.1 Å². The lowest BCUT2D eigenvalue weighted by Crippen LogP contribution is -2.49. The Balaban J connectivity index is 0.00000181. The normalized spacial score (nSPS) is 14.5. The minimum absolute atomic E-state index is 0. The molecule has 2 aromatic heterocycles. The van der Waals surface area contributed by atoms with Crippen LogP contribution in [-0.2, 0) is 4.79 Å². The predicted octanol–water partition coefficient (Wildman–Crippen LogP) is 4.14. The summed E-state index contributed by atoms with van der Waals surface area (Å²) < 4.78 is 5.76. The van der Waals surface area contributed by atoms with Crippen LogP contribution in [0.1, 0.15) is 0 Å². The summed E-state index contributed by atoms with van der Waals surface area (Å²) in [5, 5.41) is 4.55. The van der Waals surface area contributed by atoms with Gasteiger partial charge in [-0.2, -0.15) is 0 Å². The molecule has 4 rings (SSSR count). The lowest BCUT2D eigenvalue weighted by molar-refractivity contribution is -0.117. The van der Waals surface area contributed by atoms with Crippen LogP contribution in [-0.4, -0.2) is 77.0 Å². The van der Waals surface area contributed by atoms with Crippen LogP contribution in [0, 0.1) is 0 Å². The topological polar surface area (TPSA) is 74.5 Å². The number of aromatic nitrogens is 2. The Morgan fingerprint density at radius 1 is 1.09 bits per heavy atom. The molecule has 32 heavy (non-hydrogen) atoms. The van der Waals surface area contributed by atoms with E-state index in [1.807, 2.05) is 42.7 Å². The number of thioether (sulfide) groups is 2. The van der Waals surface area contributed by atoms with Crippen LogP contribution in [0.3, 0.4) is 0 Å². The summed E-state index contributed by atoms with van der Waals surface area (Å²) in [4.78, 5) is 25.8. The number of pyridine rings is 1.